The number of carbonyl (C=O) groups is 2. The van der Waals surface area contributed by atoms with Crippen LogP contribution in [0.15, 0.2) is 48.5 Å². The van der Waals surface area contributed by atoms with E-state index in [4.69, 9.17) is 14.7 Å². The molecule has 4 N–H and O–H groups in total. The molecule has 2 aromatic carbocycles. The summed E-state index contributed by atoms with van der Waals surface area (Å²) in [4.78, 5) is 30.4. The van der Waals surface area contributed by atoms with Gasteiger partial charge in [0, 0.05) is 51.5 Å². The highest BCUT2D eigenvalue weighted by Crippen LogP contribution is 2.26. The lowest BCUT2D eigenvalue weighted by molar-refractivity contribution is -0.133. The number of nitrogens with zero attached hydrogens (tertiary/aromatic N) is 3. The topological polar surface area (TPSA) is 127 Å². The van der Waals surface area contributed by atoms with E-state index in [1.54, 1.807) is 4.90 Å². The number of nitrogens with one attached hydrogen (secondary N) is 2. The molecular formula is C27H37N5O6. The largest absolute Gasteiger partial charge is 0.492 e. The van der Waals surface area contributed by atoms with Crippen LogP contribution in [0.25, 0.3) is 11.1 Å². The van der Waals surface area contributed by atoms with Gasteiger partial charge in [-0.25, -0.2) is 10.3 Å². The number of anilines is 1. The Bertz CT molecular complexity index is 1030. The summed E-state index contributed by atoms with van der Waals surface area (Å²) in [7, 11) is 0. The van der Waals surface area contributed by atoms with Gasteiger partial charge in [-0.2, -0.15) is 0 Å². The lowest BCUT2D eigenvalue weighted by Crippen LogP contribution is -2.58. The fourth-order valence-corrected chi connectivity index (χ4v) is 4.59. The van der Waals surface area contributed by atoms with Gasteiger partial charge in [0.2, 0.25) is 0 Å². The summed E-state index contributed by atoms with van der Waals surface area (Å²) in [5.41, 5.74) is 4.76. The molecule has 0 aliphatic carbocycles. The molecular weight excluding hydrogens is 490 g/mol. The Kier molecular flexibility index (Phi) is 9.77. The van der Waals surface area contributed by atoms with E-state index < -0.39 is 24.1 Å². The molecule has 0 radical (unpaired) electrons. The molecule has 0 aromatic heterocycles. The maximum atomic E-state index is 12.5. The first-order valence-electron chi connectivity index (χ1n) is 13.0. The van der Waals surface area contributed by atoms with E-state index in [2.05, 4.69) is 51.5 Å². The summed E-state index contributed by atoms with van der Waals surface area (Å²) < 4.78 is 11.3. The van der Waals surface area contributed by atoms with Crippen LogP contribution in [0.2, 0.25) is 0 Å². The third-order valence-electron chi connectivity index (χ3n) is 6.92. The molecule has 2 atom stereocenters. The van der Waals surface area contributed by atoms with Crippen LogP contribution in [-0.4, -0.2) is 110 Å². The van der Waals surface area contributed by atoms with Crippen LogP contribution in [0.5, 0.6) is 5.75 Å². The molecule has 206 valence electrons. The second kappa shape index (κ2) is 13.4. The molecule has 38 heavy (non-hydrogen) atoms. The predicted octanol–water partition coefficient (Wildman–Crippen LogP) is 1.15. The summed E-state index contributed by atoms with van der Waals surface area (Å²) in [6.45, 7) is 8.62. The van der Waals surface area contributed by atoms with Gasteiger partial charge in [0.05, 0.1) is 19.3 Å². The van der Waals surface area contributed by atoms with Gasteiger partial charge in [0.25, 0.3) is 5.91 Å². The lowest BCUT2D eigenvalue weighted by Gasteiger charge is -2.36. The number of morpholine rings is 1. The maximum absolute atomic E-state index is 12.5. The van der Waals surface area contributed by atoms with Crippen molar-refractivity contribution in [3.8, 4) is 16.9 Å². The highest BCUT2D eigenvalue weighted by atomic mass is 16.5. The Labute approximate surface area is 222 Å². The maximum Gasteiger partial charge on any atom is 0.318 e. The Morgan fingerprint density at radius 3 is 2.13 bits per heavy atom. The molecule has 0 bridgehead atoms. The van der Waals surface area contributed by atoms with E-state index in [1.807, 2.05) is 12.1 Å². The van der Waals surface area contributed by atoms with Crippen molar-refractivity contribution in [2.45, 2.75) is 19.1 Å². The summed E-state index contributed by atoms with van der Waals surface area (Å²) in [6.07, 6.45) is -1.14. The average Bonchev–Trinajstić information content (AvgIpc) is 2.96. The zero-order valence-electron chi connectivity index (χ0n) is 21.7. The molecule has 2 aliphatic rings. The van der Waals surface area contributed by atoms with Gasteiger partial charge >= 0.3 is 6.03 Å². The Morgan fingerprint density at radius 1 is 0.947 bits per heavy atom. The minimum absolute atomic E-state index is 0.456. The van der Waals surface area contributed by atoms with E-state index in [0.29, 0.717) is 32.8 Å². The summed E-state index contributed by atoms with van der Waals surface area (Å²) in [5.74, 6) is -0.00434. The number of rotatable bonds is 9. The van der Waals surface area contributed by atoms with Gasteiger partial charge in [0.15, 0.2) is 0 Å². The molecule has 2 fully saturated rings. The minimum Gasteiger partial charge on any atom is -0.492 e. The molecule has 11 nitrogen and oxygen atoms in total. The quantitative estimate of drug-likeness (QED) is 0.283. The van der Waals surface area contributed by atoms with E-state index in [0.717, 1.165) is 55.4 Å². The second-order valence-electron chi connectivity index (χ2n) is 9.49. The van der Waals surface area contributed by atoms with Gasteiger partial charge < -0.3 is 29.7 Å². The number of amides is 3. The van der Waals surface area contributed by atoms with Crippen molar-refractivity contribution in [3.63, 3.8) is 0 Å². The zero-order chi connectivity index (χ0) is 26.9. The molecule has 0 saturated carbocycles. The van der Waals surface area contributed by atoms with E-state index in [9.17, 15) is 14.7 Å². The van der Waals surface area contributed by atoms with Crippen molar-refractivity contribution in [1.82, 2.24) is 20.6 Å². The van der Waals surface area contributed by atoms with Crippen molar-refractivity contribution in [2.75, 3.05) is 70.5 Å². The number of urea groups is 1. The molecule has 11 heteroatoms. The molecule has 2 heterocycles. The third-order valence-corrected chi connectivity index (χ3v) is 6.92. The molecule has 3 amide bonds. The number of hydrogen-bond donors (Lipinski definition) is 4. The number of hydrogen-bond acceptors (Lipinski definition) is 8. The summed E-state index contributed by atoms with van der Waals surface area (Å²) in [5, 5.41) is 21.0. The highest BCUT2D eigenvalue weighted by Gasteiger charge is 2.29. The first kappa shape index (κ1) is 27.6. The molecule has 2 aliphatic heterocycles. The normalized spacial score (nSPS) is 18.0. The van der Waals surface area contributed by atoms with Gasteiger partial charge in [-0.1, -0.05) is 24.3 Å². The third kappa shape index (κ3) is 7.35. The van der Waals surface area contributed by atoms with Crippen molar-refractivity contribution >= 4 is 17.6 Å². The Hall–Kier alpha value is -3.38. The van der Waals surface area contributed by atoms with Crippen molar-refractivity contribution < 1.29 is 29.4 Å². The van der Waals surface area contributed by atoms with Gasteiger partial charge in [0.1, 0.15) is 18.4 Å². The van der Waals surface area contributed by atoms with Crippen LogP contribution in [-0.2, 0) is 9.53 Å². The number of benzene rings is 2. The molecule has 4 rings (SSSR count). The SMILES string of the molecule is C[C@H](O)[C@@H](NC(=O)N1CCN(c2ccc(-c3ccc(OCCN4CCOCC4)cc3)cc2)CC1)C(=O)NO. The van der Waals surface area contributed by atoms with Crippen LogP contribution in [0.4, 0.5) is 10.5 Å². The van der Waals surface area contributed by atoms with E-state index >= 15 is 0 Å². The average molecular weight is 528 g/mol. The van der Waals surface area contributed by atoms with E-state index in [-0.39, 0.29) is 0 Å². The first-order chi connectivity index (χ1) is 18.4. The smallest absolute Gasteiger partial charge is 0.318 e. The monoisotopic (exact) mass is 527 g/mol. The number of piperazine rings is 1. The lowest BCUT2D eigenvalue weighted by atomic mass is 10.0. The predicted molar refractivity (Wildman–Crippen MR) is 142 cm³/mol. The molecule has 2 saturated heterocycles. The number of hydroxylamine groups is 1. The zero-order valence-corrected chi connectivity index (χ0v) is 21.7. The first-order valence-corrected chi connectivity index (χ1v) is 13.0. The second-order valence-corrected chi connectivity index (χ2v) is 9.49. The van der Waals surface area contributed by atoms with Crippen LogP contribution < -0.4 is 20.4 Å². The van der Waals surface area contributed by atoms with Gasteiger partial charge in [-0.15, -0.1) is 0 Å². The Morgan fingerprint density at radius 2 is 1.55 bits per heavy atom. The van der Waals surface area contributed by atoms with Gasteiger partial charge in [-0.05, 0) is 42.3 Å². The summed E-state index contributed by atoms with van der Waals surface area (Å²) in [6, 6.07) is 14.8. The fraction of sp³-hybridized carbons (Fsp3) is 0.481. The molecule has 2 aromatic rings. The van der Waals surface area contributed by atoms with Crippen molar-refractivity contribution in [2.24, 2.45) is 0 Å². The van der Waals surface area contributed by atoms with Crippen molar-refractivity contribution in [3.05, 3.63) is 48.5 Å². The molecule has 0 unspecified atom stereocenters. The van der Waals surface area contributed by atoms with Crippen LogP contribution in [0.1, 0.15) is 6.92 Å². The minimum atomic E-state index is -1.23. The van der Waals surface area contributed by atoms with Crippen molar-refractivity contribution in [1.29, 1.82) is 0 Å². The van der Waals surface area contributed by atoms with Crippen LogP contribution in [0, 0.1) is 0 Å². The Balaban J connectivity index is 1.24. The van der Waals surface area contributed by atoms with Crippen LogP contribution >= 0.6 is 0 Å². The highest BCUT2D eigenvalue weighted by molar-refractivity contribution is 5.87. The van der Waals surface area contributed by atoms with E-state index in [1.165, 1.54) is 12.4 Å². The number of carbonyl (C=O) groups excluding carboxylic acids is 2. The van der Waals surface area contributed by atoms with Crippen LogP contribution in [0.3, 0.4) is 0 Å². The van der Waals surface area contributed by atoms with Gasteiger partial charge in [-0.3, -0.25) is 14.9 Å². The fourth-order valence-electron chi connectivity index (χ4n) is 4.59. The summed E-state index contributed by atoms with van der Waals surface area (Å²) >= 11 is 0. The number of aliphatic hydroxyl groups excluding tert-OH is 1. The molecule has 0 spiro atoms. The number of ether oxygens (including phenoxy) is 2. The number of aliphatic hydroxyl groups is 1. The standard InChI is InChI=1S/C27H37N5O6/c1-20(33)25(26(34)29-36)28-27(35)32-12-10-31(11-13-32)23-6-2-21(3-7-23)22-4-8-24(9-5-22)38-19-16-30-14-17-37-18-15-30/h2-9,20,25,33,36H,10-19H2,1H3,(H,28,35)(H,29,34)/t20-,25+/m0/s1.